The molecule has 2 heterocycles. The smallest absolute Gasteiger partial charge is 0.417 e. The summed E-state index contributed by atoms with van der Waals surface area (Å²) in [4.78, 5) is 6.14. The first-order chi connectivity index (χ1) is 17.7. The summed E-state index contributed by atoms with van der Waals surface area (Å²) in [7, 11) is -2.97. The monoisotopic (exact) mass is 610 g/mol. The molecule has 2 aromatic rings. The highest BCUT2D eigenvalue weighted by Crippen LogP contribution is 2.43. The molecule has 6 N–H and O–H groups in total. The zero-order chi connectivity index (χ0) is 27.7. The maximum Gasteiger partial charge on any atom is 0.417 e. The van der Waals surface area contributed by atoms with Crippen molar-refractivity contribution in [1.29, 1.82) is 0 Å². The fourth-order valence-electron chi connectivity index (χ4n) is 4.58. The molecule has 4 rings (SSSR count). The van der Waals surface area contributed by atoms with Crippen LogP contribution in [0.5, 0.6) is 5.75 Å². The Morgan fingerprint density at radius 1 is 1.21 bits per heavy atom. The molecule has 9 nitrogen and oxygen atoms in total. The first kappa shape index (κ1) is 31.2. The van der Waals surface area contributed by atoms with Gasteiger partial charge in [0.25, 0.3) is 0 Å². The average molecular weight is 612 g/mol. The summed E-state index contributed by atoms with van der Waals surface area (Å²) in [5.41, 5.74) is 15.8. The molecule has 2 aliphatic rings. The molecule has 2 aromatic carbocycles. The van der Waals surface area contributed by atoms with Crippen molar-refractivity contribution in [2.24, 2.45) is 16.5 Å². The molecule has 1 atom stereocenters. The molecule has 2 aliphatic heterocycles. The highest BCUT2D eigenvalue weighted by molar-refractivity contribution is 7.90. The fourth-order valence-corrected chi connectivity index (χ4v) is 5.56. The van der Waals surface area contributed by atoms with E-state index in [9.17, 15) is 21.6 Å². The van der Waals surface area contributed by atoms with Crippen LogP contribution in [-0.4, -0.2) is 57.0 Å². The Kier molecular flexibility index (Phi) is 9.67. The molecule has 0 radical (unpaired) electrons. The van der Waals surface area contributed by atoms with Gasteiger partial charge in [0.05, 0.1) is 11.3 Å². The van der Waals surface area contributed by atoms with Crippen molar-refractivity contribution in [3.8, 4) is 16.9 Å². The number of nitrogens with two attached hydrogens (primary N) is 2. The fraction of sp³-hybridized carbons (Fsp3) is 0.458. The maximum atomic E-state index is 14.1. The Morgan fingerprint density at radius 2 is 1.85 bits per heavy atom. The van der Waals surface area contributed by atoms with Crippen LogP contribution < -0.4 is 27.1 Å². The number of hydrazine groups is 1. The number of nitrogens with one attached hydrogen (secondary N) is 2. The van der Waals surface area contributed by atoms with E-state index in [-0.39, 0.29) is 51.9 Å². The van der Waals surface area contributed by atoms with E-state index in [1.807, 2.05) is 0 Å². The molecule has 216 valence electrons. The van der Waals surface area contributed by atoms with E-state index in [4.69, 9.17) is 27.8 Å². The summed E-state index contributed by atoms with van der Waals surface area (Å²) in [5.74, 6) is -1.05. The Morgan fingerprint density at radius 3 is 2.38 bits per heavy atom. The number of ether oxygens (including phenoxy) is 1. The van der Waals surface area contributed by atoms with E-state index < -0.39 is 27.4 Å². The first-order valence-electron chi connectivity index (χ1n) is 12.0. The minimum atomic E-state index is -4.71. The number of likely N-dealkylation sites (tertiary alicyclic amines) is 1. The third-order valence-corrected chi connectivity index (χ3v) is 7.81. The lowest BCUT2D eigenvalue weighted by Crippen LogP contribution is -2.50. The summed E-state index contributed by atoms with van der Waals surface area (Å²) < 4.78 is 70.9. The van der Waals surface area contributed by atoms with Gasteiger partial charge in [0.2, 0.25) is 11.7 Å². The van der Waals surface area contributed by atoms with Gasteiger partial charge < -0.3 is 15.4 Å². The van der Waals surface area contributed by atoms with Crippen molar-refractivity contribution in [2.45, 2.75) is 37.3 Å². The predicted octanol–water partition coefficient (Wildman–Crippen LogP) is 3.22. The Labute approximate surface area is 236 Å². The van der Waals surface area contributed by atoms with Crippen LogP contribution in [0.2, 0.25) is 5.02 Å². The number of piperidine rings is 1. The Hall–Kier alpha value is -2.29. The predicted molar refractivity (Wildman–Crippen MR) is 147 cm³/mol. The summed E-state index contributed by atoms with van der Waals surface area (Å²) in [5, 5.41) is -0.140. The lowest BCUT2D eigenvalue weighted by molar-refractivity contribution is -0.137. The van der Waals surface area contributed by atoms with E-state index in [1.165, 1.54) is 24.5 Å². The lowest BCUT2D eigenvalue weighted by Gasteiger charge is -2.32. The molecule has 0 bridgehead atoms. The van der Waals surface area contributed by atoms with Crippen LogP contribution in [0, 0.1) is 0 Å². The van der Waals surface area contributed by atoms with Crippen molar-refractivity contribution >= 4 is 39.8 Å². The first-order valence-corrected chi connectivity index (χ1v) is 14.4. The average Bonchev–Trinajstić information content (AvgIpc) is 3.18. The van der Waals surface area contributed by atoms with Gasteiger partial charge >= 0.3 is 6.18 Å². The van der Waals surface area contributed by atoms with E-state index >= 15 is 0 Å². The summed E-state index contributed by atoms with van der Waals surface area (Å²) >= 11 is 6.37. The van der Waals surface area contributed by atoms with Gasteiger partial charge in [0.15, 0.2) is 0 Å². The number of aliphatic imine (C=N–C) groups is 1. The van der Waals surface area contributed by atoms with Gasteiger partial charge in [0.1, 0.15) is 21.7 Å². The van der Waals surface area contributed by atoms with Crippen LogP contribution in [-0.2, 0) is 21.8 Å². The number of sulfone groups is 1. The summed E-state index contributed by atoms with van der Waals surface area (Å²) in [6, 6.07) is 8.56. The number of rotatable bonds is 8. The van der Waals surface area contributed by atoms with Crippen LogP contribution in [0.1, 0.15) is 30.4 Å². The van der Waals surface area contributed by atoms with Gasteiger partial charge in [0, 0.05) is 35.5 Å². The molecule has 0 aliphatic carbocycles. The normalized spacial score (nSPS) is 20.7. The second-order valence-corrected chi connectivity index (χ2v) is 12.2. The number of alkyl halides is 3. The molecular formula is C24H31Cl2F3N6O3S. The third-order valence-electron chi connectivity index (χ3n) is 6.48. The number of hydrogen-bond donors (Lipinski definition) is 4. The molecule has 0 spiro atoms. The van der Waals surface area contributed by atoms with Crippen molar-refractivity contribution in [1.82, 2.24) is 15.8 Å². The van der Waals surface area contributed by atoms with Gasteiger partial charge in [-0.05, 0) is 55.6 Å². The lowest BCUT2D eigenvalue weighted by atomic mass is 9.95. The highest BCUT2D eigenvalue weighted by atomic mass is 35.5. The number of hydrogen-bond acceptors (Lipinski definition) is 9. The van der Waals surface area contributed by atoms with Gasteiger partial charge in [-0.15, -0.1) is 12.4 Å². The quantitative estimate of drug-likeness (QED) is 0.358. The standard InChI is InChI=1S/C24H30ClF3N6O3S.ClH/c1-38(35,36)12-2-9-34-10-7-18(8-11-34)37-17-5-3-15(4-6-17)21-19(23(26,27)28)13-16(14-20(21)25)24(30)31-22(29)32-33-24;/h3-6,13-14,18,33H,2,7-12,30H2,1H3,(H3,29,31,32);1H. The second kappa shape index (κ2) is 12.1. The van der Waals surface area contributed by atoms with Gasteiger partial charge in [-0.3, -0.25) is 11.2 Å². The number of halogens is 5. The topological polar surface area (TPSA) is 135 Å². The second-order valence-electron chi connectivity index (χ2n) is 9.56. The molecular weight excluding hydrogens is 580 g/mol. The van der Waals surface area contributed by atoms with Crippen molar-refractivity contribution in [3.05, 3.63) is 52.5 Å². The molecule has 0 saturated carbocycles. The molecule has 1 saturated heterocycles. The SMILES string of the molecule is CS(=O)(=O)CCCN1CCC(Oc2ccc(-c3c(Cl)cc(C4(N)N=C(N)NN4)cc3C(F)(F)F)cc2)CC1.Cl. The van der Waals surface area contributed by atoms with Crippen LogP contribution >= 0.6 is 24.0 Å². The minimum Gasteiger partial charge on any atom is -0.490 e. The summed E-state index contributed by atoms with van der Waals surface area (Å²) in [6.45, 7) is 2.28. The maximum absolute atomic E-state index is 14.1. The third kappa shape index (κ3) is 7.89. The van der Waals surface area contributed by atoms with Gasteiger partial charge in [-0.25, -0.2) is 13.4 Å². The molecule has 0 amide bonds. The van der Waals surface area contributed by atoms with Crippen LogP contribution in [0.4, 0.5) is 13.2 Å². The van der Waals surface area contributed by atoms with Crippen LogP contribution in [0.25, 0.3) is 11.1 Å². The van der Waals surface area contributed by atoms with E-state index in [0.717, 1.165) is 32.0 Å². The molecule has 0 aromatic heterocycles. The van der Waals surface area contributed by atoms with Crippen molar-refractivity contribution in [2.75, 3.05) is 31.6 Å². The molecule has 1 fully saturated rings. The van der Waals surface area contributed by atoms with E-state index in [1.54, 1.807) is 12.1 Å². The molecule has 39 heavy (non-hydrogen) atoms. The zero-order valence-electron chi connectivity index (χ0n) is 21.1. The molecule has 1 unspecified atom stereocenters. The number of nitrogens with zero attached hydrogens (tertiary/aromatic N) is 2. The van der Waals surface area contributed by atoms with E-state index in [0.29, 0.717) is 18.7 Å². The van der Waals surface area contributed by atoms with Crippen molar-refractivity contribution in [3.63, 3.8) is 0 Å². The minimum absolute atomic E-state index is 0. The Bertz CT molecular complexity index is 1300. The number of benzene rings is 2. The van der Waals surface area contributed by atoms with Crippen molar-refractivity contribution < 1.29 is 26.3 Å². The highest BCUT2D eigenvalue weighted by Gasteiger charge is 2.39. The largest absolute Gasteiger partial charge is 0.490 e. The number of guanidine groups is 1. The van der Waals surface area contributed by atoms with E-state index in [2.05, 4.69) is 20.7 Å². The molecule has 15 heteroatoms. The van der Waals surface area contributed by atoms with Crippen LogP contribution in [0.15, 0.2) is 41.4 Å². The van der Waals surface area contributed by atoms with Crippen LogP contribution in [0.3, 0.4) is 0 Å². The van der Waals surface area contributed by atoms with Gasteiger partial charge in [-0.2, -0.15) is 18.6 Å². The van der Waals surface area contributed by atoms with Gasteiger partial charge in [-0.1, -0.05) is 23.7 Å². The zero-order valence-corrected chi connectivity index (χ0v) is 23.5. The summed E-state index contributed by atoms with van der Waals surface area (Å²) in [6.07, 6.45) is -1.39. The Balaban J connectivity index is 0.00000420.